The lowest BCUT2D eigenvalue weighted by atomic mass is 9.90. The van der Waals surface area contributed by atoms with Crippen molar-refractivity contribution in [3.8, 4) is 0 Å². The van der Waals surface area contributed by atoms with E-state index >= 15 is 0 Å². The Morgan fingerprint density at radius 3 is 2.56 bits per heavy atom. The molecule has 0 spiro atoms. The molecule has 174 valence electrons. The summed E-state index contributed by atoms with van der Waals surface area (Å²) < 4.78 is 40.2. The fourth-order valence-corrected chi connectivity index (χ4v) is 4.68. The van der Waals surface area contributed by atoms with Crippen LogP contribution in [0.1, 0.15) is 44.2 Å². The van der Waals surface area contributed by atoms with Crippen molar-refractivity contribution < 1.29 is 18.0 Å². The molecule has 6 nitrogen and oxygen atoms in total. The third-order valence-corrected chi connectivity index (χ3v) is 6.48. The second-order valence-electron chi connectivity index (χ2n) is 8.69. The number of urea groups is 1. The van der Waals surface area contributed by atoms with Gasteiger partial charge in [0.15, 0.2) is 0 Å². The van der Waals surface area contributed by atoms with Crippen LogP contribution in [0.25, 0.3) is 10.9 Å². The summed E-state index contributed by atoms with van der Waals surface area (Å²) in [4.78, 5) is 18.2. The molecule has 1 aromatic carbocycles. The van der Waals surface area contributed by atoms with Crippen LogP contribution in [-0.4, -0.2) is 47.1 Å². The normalized spacial score (nSPS) is 22.7. The van der Waals surface area contributed by atoms with Crippen LogP contribution < -0.4 is 16.4 Å². The van der Waals surface area contributed by atoms with Gasteiger partial charge >= 0.3 is 12.2 Å². The Balaban J connectivity index is 1.47. The number of aromatic nitrogens is 1. The summed E-state index contributed by atoms with van der Waals surface area (Å²) in [5.41, 5.74) is 5.55. The minimum atomic E-state index is -4.55. The first-order chi connectivity index (χ1) is 15.2. The second kappa shape index (κ2) is 9.31. The van der Waals surface area contributed by atoms with Gasteiger partial charge in [0.25, 0.3) is 0 Å². The molecule has 1 saturated carbocycles. The molecule has 2 aliphatic rings. The van der Waals surface area contributed by atoms with E-state index in [0.717, 1.165) is 38.2 Å². The summed E-state index contributed by atoms with van der Waals surface area (Å²) in [6, 6.07) is 5.62. The third-order valence-electron chi connectivity index (χ3n) is 6.25. The molecule has 2 atom stereocenters. The summed E-state index contributed by atoms with van der Waals surface area (Å²) in [6.07, 6.45) is 0.173. The largest absolute Gasteiger partial charge is 0.433 e. The van der Waals surface area contributed by atoms with Crippen molar-refractivity contribution in [1.29, 1.82) is 0 Å². The molecular formula is C22H27ClF3N5O. The van der Waals surface area contributed by atoms with E-state index in [4.69, 9.17) is 17.3 Å². The van der Waals surface area contributed by atoms with Crippen LogP contribution in [0.3, 0.4) is 0 Å². The Morgan fingerprint density at radius 1 is 1.12 bits per heavy atom. The Morgan fingerprint density at radius 2 is 1.84 bits per heavy atom. The Kier molecular flexibility index (Phi) is 6.67. The van der Waals surface area contributed by atoms with Gasteiger partial charge in [-0.3, -0.25) is 0 Å². The monoisotopic (exact) mass is 469 g/mol. The standard InChI is InChI=1S/C22H27ClF3N5O/c23-13-4-5-18-17(10-13)19(12-20(30-18)22(24,25)26)28-15-2-1-3-16(11-15)29-21(32)31-8-6-14(27)7-9-31/h4-5,10,12,14-16H,1-3,6-9,11,27H2,(H,28,30)(H,29,32)/t15-,16+/m0/s1. The zero-order chi connectivity index (χ0) is 22.9. The second-order valence-corrected chi connectivity index (χ2v) is 9.13. The van der Waals surface area contributed by atoms with Gasteiger partial charge in [-0.15, -0.1) is 0 Å². The predicted octanol–water partition coefficient (Wildman–Crippen LogP) is 4.76. The molecule has 4 rings (SSSR count). The van der Waals surface area contributed by atoms with Crippen LogP contribution in [0.2, 0.25) is 5.02 Å². The fraction of sp³-hybridized carbons (Fsp3) is 0.545. The maximum atomic E-state index is 13.4. The van der Waals surface area contributed by atoms with Crippen LogP contribution in [0, 0.1) is 0 Å². The van der Waals surface area contributed by atoms with Crippen molar-refractivity contribution in [2.24, 2.45) is 5.73 Å². The number of carbonyl (C=O) groups is 1. The average Bonchev–Trinajstić information content (AvgIpc) is 2.74. The summed E-state index contributed by atoms with van der Waals surface area (Å²) in [5, 5.41) is 7.34. The van der Waals surface area contributed by atoms with E-state index < -0.39 is 11.9 Å². The lowest BCUT2D eigenvalue weighted by Crippen LogP contribution is -2.51. The van der Waals surface area contributed by atoms with Crippen molar-refractivity contribution in [3.63, 3.8) is 0 Å². The first kappa shape index (κ1) is 22.9. The van der Waals surface area contributed by atoms with Gasteiger partial charge in [-0.1, -0.05) is 11.6 Å². The van der Waals surface area contributed by atoms with Crippen LogP contribution in [0.15, 0.2) is 24.3 Å². The van der Waals surface area contributed by atoms with Gasteiger partial charge < -0.3 is 21.3 Å². The van der Waals surface area contributed by atoms with E-state index in [-0.39, 0.29) is 29.7 Å². The van der Waals surface area contributed by atoms with Crippen molar-refractivity contribution >= 4 is 34.2 Å². The zero-order valence-corrected chi connectivity index (χ0v) is 18.3. The van der Waals surface area contributed by atoms with Crippen molar-refractivity contribution in [3.05, 3.63) is 35.0 Å². The van der Waals surface area contributed by atoms with Gasteiger partial charge in [0.05, 0.1) is 5.52 Å². The molecule has 4 N–H and O–H groups in total. The predicted molar refractivity (Wildman–Crippen MR) is 119 cm³/mol. The highest BCUT2D eigenvalue weighted by atomic mass is 35.5. The quantitative estimate of drug-likeness (QED) is 0.605. The minimum absolute atomic E-state index is 0.0388. The number of hydrogen-bond donors (Lipinski definition) is 3. The van der Waals surface area contributed by atoms with Gasteiger partial charge in [-0.05, 0) is 62.8 Å². The molecule has 0 bridgehead atoms. The number of benzene rings is 1. The number of pyridine rings is 1. The number of nitrogens with zero attached hydrogens (tertiary/aromatic N) is 2. The maximum absolute atomic E-state index is 13.4. The SMILES string of the molecule is NC1CCN(C(=O)N[C@@H]2CCC[C@H](Nc3cc(C(F)(F)F)nc4ccc(Cl)cc34)C2)CC1. The molecule has 1 aliphatic heterocycles. The highest BCUT2D eigenvalue weighted by Crippen LogP contribution is 2.35. The minimum Gasteiger partial charge on any atom is -0.382 e. The van der Waals surface area contributed by atoms with E-state index in [9.17, 15) is 18.0 Å². The van der Waals surface area contributed by atoms with Crippen LogP contribution in [-0.2, 0) is 6.18 Å². The summed E-state index contributed by atoms with van der Waals surface area (Å²) >= 11 is 6.09. The first-order valence-corrected chi connectivity index (χ1v) is 11.3. The van der Waals surface area contributed by atoms with Crippen molar-refractivity contribution in [1.82, 2.24) is 15.2 Å². The fourth-order valence-electron chi connectivity index (χ4n) is 4.50. The van der Waals surface area contributed by atoms with Crippen molar-refractivity contribution in [2.45, 2.75) is 62.8 Å². The van der Waals surface area contributed by atoms with E-state index in [1.165, 1.54) is 12.1 Å². The number of amides is 2. The molecule has 2 heterocycles. The number of rotatable bonds is 3. The lowest BCUT2D eigenvalue weighted by molar-refractivity contribution is -0.140. The van der Waals surface area contributed by atoms with Gasteiger partial charge in [0.1, 0.15) is 5.69 Å². The Bertz CT molecular complexity index is 978. The summed E-state index contributed by atoms with van der Waals surface area (Å²) in [6.45, 7) is 1.29. The molecule has 2 fully saturated rings. The topological polar surface area (TPSA) is 83.3 Å². The summed E-state index contributed by atoms with van der Waals surface area (Å²) in [7, 11) is 0. The average molecular weight is 470 g/mol. The molecule has 1 aromatic heterocycles. The molecular weight excluding hydrogens is 443 g/mol. The van der Waals surface area contributed by atoms with E-state index in [1.807, 2.05) is 0 Å². The molecule has 2 amide bonds. The number of carbonyl (C=O) groups excluding carboxylic acids is 1. The highest BCUT2D eigenvalue weighted by molar-refractivity contribution is 6.31. The first-order valence-electron chi connectivity index (χ1n) is 10.9. The number of halogens is 4. The number of anilines is 1. The third kappa shape index (κ3) is 5.38. The van der Waals surface area contributed by atoms with Crippen LogP contribution in [0.5, 0.6) is 0 Å². The molecule has 10 heteroatoms. The number of nitrogens with one attached hydrogen (secondary N) is 2. The number of likely N-dealkylation sites (tertiary alicyclic amines) is 1. The number of piperidine rings is 1. The van der Waals surface area contributed by atoms with Gasteiger partial charge in [0, 0.05) is 47.3 Å². The maximum Gasteiger partial charge on any atom is 0.433 e. The van der Waals surface area contributed by atoms with Gasteiger partial charge in [-0.2, -0.15) is 13.2 Å². The Hall–Kier alpha value is -2.26. The molecule has 32 heavy (non-hydrogen) atoms. The van der Waals surface area contributed by atoms with Crippen molar-refractivity contribution in [2.75, 3.05) is 18.4 Å². The van der Waals surface area contributed by atoms with Crippen LogP contribution in [0.4, 0.5) is 23.7 Å². The Labute approximate surface area is 189 Å². The van der Waals surface area contributed by atoms with E-state index in [1.54, 1.807) is 11.0 Å². The van der Waals surface area contributed by atoms with Gasteiger partial charge in [-0.25, -0.2) is 9.78 Å². The molecule has 1 saturated heterocycles. The lowest BCUT2D eigenvalue weighted by Gasteiger charge is -2.35. The molecule has 0 unspecified atom stereocenters. The summed E-state index contributed by atoms with van der Waals surface area (Å²) in [5.74, 6) is 0. The zero-order valence-electron chi connectivity index (χ0n) is 17.6. The number of fused-ring (bicyclic) bond motifs is 1. The number of hydrogen-bond acceptors (Lipinski definition) is 4. The van der Waals surface area contributed by atoms with Crippen LogP contribution >= 0.6 is 11.6 Å². The molecule has 1 aliphatic carbocycles. The molecule has 2 aromatic rings. The highest BCUT2D eigenvalue weighted by Gasteiger charge is 2.34. The molecule has 0 radical (unpaired) electrons. The van der Waals surface area contributed by atoms with Gasteiger partial charge in [0.2, 0.25) is 0 Å². The van der Waals surface area contributed by atoms with E-state index in [2.05, 4.69) is 15.6 Å². The number of alkyl halides is 3. The van der Waals surface area contributed by atoms with E-state index in [0.29, 0.717) is 35.6 Å². The smallest absolute Gasteiger partial charge is 0.382 e. The number of nitrogens with two attached hydrogens (primary N) is 1.